The molecule has 4 rings (SSSR count). The summed E-state index contributed by atoms with van der Waals surface area (Å²) in [6, 6.07) is 5.16. The van der Waals surface area contributed by atoms with Gasteiger partial charge in [0.15, 0.2) is 0 Å². The number of anilines is 1. The molecule has 2 aliphatic heterocycles. The number of ether oxygens (including phenoxy) is 2. The molecule has 6 heteroatoms. The van der Waals surface area contributed by atoms with Crippen molar-refractivity contribution in [3.63, 3.8) is 0 Å². The van der Waals surface area contributed by atoms with E-state index in [1.165, 1.54) is 25.7 Å². The zero-order valence-corrected chi connectivity index (χ0v) is 16.1. The third-order valence-electron chi connectivity index (χ3n) is 6.37. The maximum atomic E-state index is 13.0. The fraction of sp³-hybridized carbons (Fsp3) is 0.619. The van der Waals surface area contributed by atoms with E-state index in [1.807, 2.05) is 23.1 Å². The SMILES string of the molecule is COc1ccc(OC)c(N2C(=O)[C@@H]3C[C@H]2CN3C(=O)CCC2CCCC2)c1. The van der Waals surface area contributed by atoms with Crippen LogP contribution in [0, 0.1) is 5.92 Å². The Balaban J connectivity index is 1.46. The van der Waals surface area contributed by atoms with Crippen molar-refractivity contribution in [3.8, 4) is 11.5 Å². The molecule has 3 fully saturated rings. The molecule has 2 heterocycles. The van der Waals surface area contributed by atoms with Crippen LogP contribution >= 0.6 is 0 Å². The number of carbonyl (C=O) groups excluding carboxylic acids is 2. The molecule has 1 aromatic carbocycles. The van der Waals surface area contributed by atoms with Crippen molar-refractivity contribution in [3.05, 3.63) is 18.2 Å². The molecular formula is C21H28N2O4. The van der Waals surface area contributed by atoms with Gasteiger partial charge in [0.05, 0.1) is 25.9 Å². The lowest BCUT2D eigenvalue weighted by molar-refractivity contribution is -0.138. The van der Waals surface area contributed by atoms with Gasteiger partial charge < -0.3 is 19.3 Å². The van der Waals surface area contributed by atoms with Gasteiger partial charge in [0, 0.05) is 19.0 Å². The Kier molecular flexibility index (Phi) is 4.98. The summed E-state index contributed by atoms with van der Waals surface area (Å²) >= 11 is 0. The number of rotatable bonds is 6. The molecule has 1 aliphatic carbocycles. The molecular weight excluding hydrogens is 344 g/mol. The quantitative estimate of drug-likeness (QED) is 0.770. The van der Waals surface area contributed by atoms with Gasteiger partial charge in [-0.3, -0.25) is 9.59 Å². The Morgan fingerprint density at radius 2 is 1.96 bits per heavy atom. The third kappa shape index (κ3) is 3.26. The lowest BCUT2D eigenvalue weighted by Gasteiger charge is -2.34. The summed E-state index contributed by atoms with van der Waals surface area (Å²) in [5, 5.41) is 0. The highest BCUT2D eigenvalue weighted by atomic mass is 16.5. The highest BCUT2D eigenvalue weighted by Crippen LogP contribution is 2.41. The zero-order chi connectivity index (χ0) is 19.0. The molecule has 0 spiro atoms. The summed E-state index contributed by atoms with van der Waals surface area (Å²) in [6.07, 6.45) is 7.34. The number of piperazine rings is 1. The number of benzene rings is 1. The molecule has 0 aromatic heterocycles. The number of likely N-dealkylation sites (tertiary alicyclic amines) is 1. The van der Waals surface area contributed by atoms with Gasteiger partial charge in [0.25, 0.3) is 0 Å². The summed E-state index contributed by atoms with van der Waals surface area (Å²) in [5.74, 6) is 2.16. The smallest absolute Gasteiger partial charge is 0.250 e. The van der Waals surface area contributed by atoms with Crippen LogP contribution in [-0.2, 0) is 9.59 Å². The Bertz CT molecular complexity index is 729. The molecule has 0 unspecified atom stereocenters. The maximum Gasteiger partial charge on any atom is 0.250 e. The van der Waals surface area contributed by atoms with Crippen molar-refractivity contribution in [2.24, 2.45) is 5.92 Å². The Labute approximate surface area is 160 Å². The third-order valence-corrected chi connectivity index (χ3v) is 6.37. The zero-order valence-electron chi connectivity index (χ0n) is 16.1. The molecule has 146 valence electrons. The van der Waals surface area contributed by atoms with Gasteiger partial charge in [-0.15, -0.1) is 0 Å². The summed E-state index contributed by atoms with van der Waals surface area (Å²) in [6.45, 7) is 0.611. The summed E-state index contributed by atoms with van der Waals surface area (Å²) in [5.41, 5.74) is 0.729. The number of fused-ring (bicyclic) bond motifs is 2. The molecule has 3 aliphatic rings. The van der Waals surface area contributed by atoms with Gasteiger partial charge in [-0.1, -0.05) is 25.7 Å². The minimum absolute atomic E-state index is 0.00739. The molecule has 27 heavy (non-hydrogen) atoms. The second-order valence-corrected chi connectivity index (χ2v) is 7.89. The Hall–Kier alpha value is -2.24. The van der Waals surface area contributed by atoms with Gasteiger partial charge in [0.2, 0.25) is 11.8 Å². The Morgan fingerprint density at radius 1 is 1.19 bits per heavy atom. The summed E-state index contributed by atoms with van der Waals surface area (Å²) in [7, 11) is 3.21. The second kappa shape index (κ2) is 7.41. The van der Waals surface area contributed by atoms with Gasteiger partial charge >= 0.3 is 0 Å². The lowest BCUT2D eigenvalue weighted by Crippen LogP contribution is -2.52. The van der Waals surface area contributed by atoms with Gasteiger partial charge in [-0.2, -0.15) is 0 Å². The molecule has 2 atom stereocenters. The average molecular weight is 372 g/mol. The van der Waals surface area contributed by atoms with Crippen LogP contribution < -0.4 is 14.4 Å². The van der Waals surface area contributed by atoms with E-state index in [2.05, 4.69) is 0 Å². The van der Waals surface area contributed by atoms with E-state index in [4.69, 9.17) is 9.47 Å². The highest BCUT2D eigenvalue weighted by Gasteiger charge is 2.52. The predicted molar refractivity (Wildman–Crippen MR) is 102 cm³/mol. The topological polar surface area (TPSA) is 59.1 Å². The Morgan fingerprint density at radius 3 is 2.63 bits per heavy atom. The maximum absolute atomic E-state index is 13.0. The number of amides is 2. The van der Waals surface area contributed by atoms with E-state index in [-0.39, 0.29) is 23.9 Å². The van der Waals surface area contributed by atoms with Crippen LogP contribution in [0.25, 0.3) is 0 Å². The van der Waals surface area contributed by atoms with Crippen molar-refractivity contribution >= 4 is 17.5 Å². The van der Waals surface area contributed by atoms with Gasteiger partial charge in [0.1, 0.15) is 17.5 Å². The molecule has 2 saturated heterocycles. The van der Waals surface area contributed by atoms with E-state index in [0.717, 1.165) is 12.1 Å². The van der Waals surface area contributed by atoms with E-state index < -0.39 is 0 Å². The average Bonchev–Trinajstić information content (AvgIpc) is 3.42. The first-order chi connectivity index (χ1) is 13.1. The van der Waals surface area contributed by atoms with E-state index in [0.29, 0.717) is 36.8 Å². The van der Waals surface area contributed by atoms with E-state index in [9.17, 15) is 9.59 Å². The van der Waals surface area contributed by atoms with Crippen LogP contribution in [-0.4, -0.2) is 49.6 Å². The molecule has 0 radical (unpaired) electrons. The van der Waals surface area contributed by atoms with Crippen molar-refractivity contribution in [1.82, 2.24) is 4.90 Å². The molecule has 2 amide bonds. The van der Waals surface area contributed by atoms with Crippen molar-refractivity contribution in [1.29, 1.82) is 0 Å². The molecule has 1 aromatic rings. The summed E-state index contributed by atoms with van der Waals surface area (Å²) in [4.78, 5) is 29.4. The van der Waals surface area contributed by atoms with Crippen LogP contribution in [0.4, 0.5) is 5.69 Å². The van der Waals surface area contributed by atoms with Crippen molar-refractivity contribution in [2.75, 3.05) is 25.7 Å². The predicted octanol–water partition coefficient (Wildman–Crippen LogP) is 2.99. The molecule has 1 saturated carbocycles. The van der Waals surface area contributed by atoms with Gasteiger partial charge in [-0.25, -0.2) is 0 Å². The van der Waals surface area contributed by atoms with E-state index in [1.54, 1.807) is 19.1 Å². The first kappa shape index (κ1) is 18.1. The van der Waals surface area contributed by atoms with Crippen molar-refractivity contribution in [2.45, 2.75) is 57.0 Å². The standard InChI is InChI=1S/C21H28N2O4/c1-26-16-8-9-19(27-2)17(12-16)23-15-11-18(21(23)25)22(13-15)20(24)10-7-14-5-3-4-6-14/h8-9,12,14-15,18H,3-7,10-11,13H2,1-2H3/t15-,18-/m0/s1. The number of methoxy groups -OCH3 is 2. The lowest BCUT2D eigenvalue weighted by atomic mass is 10.0. The van der Waals surface area contributed by atoms with Crippen molar-refractivity contribution < 1.29 is 19.1 Å². The van der Waals surface area contributed by atoms with Gasteiger partial charge in [-0.05, 0) is 30.9 Å². The van der Waals surface area contributed by atoms with Crippen LogP contribution in [0.3, 0.4) is 0 Å². The number of hydrogen-bond acceptors (Lipinski definition) is 4. The number of nitrogens with zero attached hydrogens (tertiary/aromatic N) is 2. The monoisotopic (exact) mass is 372 g/mol. The molecule has 0 N–H and O–H groups in total. The van der Waals surface area contributed by atoms with Crippen LogP contribution in [0.5, 0.6) is 11.5 Å². The highest BCUT2D eigenvalue weighted by molar-refractivity contribution is 6.04. The molecule has 6 nitrogen and oxygen atoms in total. The fourth-order valence-electron chi connectivity index (χ4n) is 4.92. The first-order valence-electron chi connectivity index (χ1n) is 9.97. The number of carbonyl (C=O) groups is 2. The second-order valence-electron chi connectivity index (χ2n) is 7.89. The largest absolute Gasteiger partial charge is 0.497 e. The van der Waals surface area contributed by atoms with Crippen LogP contribution in [0.2, 0.25) is 0 Å². The minimum atomic E-state index is -0.331. The minimum Gasteiger partial charge on any atom is -0.497 e. The molecule has 2 bridgehead atoms. The normalized spacial score (nSPS) is 24.7. The number of hydrogen-bond donors (Lipinski definition) is 0. The fourth-order valence-corrected chi connectivity index (χ4v) is 4.92. The summed E-state index contributed by atoms with van der Waals surface area (Å²) < 4.78 is 10.8. The first-order valence-corrected chi connectivity index (χ1v) is 9.97. The van der Waals surface area contributed by atoms with E-state index >= 15 is 0 Å². The van der Waals surface area contributed by atoms with Crippen LogP contribution in [0.1, 0.15) is 44.9 Å². The van der Waals surface area contributed by atoms with Crippen LogP contribution in [0.15, 0.2) is 18.2 Å².